The number of benzene rings is 4. The van der Waals surface area contributed by atoms with Crippen LogP contribution in [0.1, 0.15) is 5.56 Å². The lowest BCUT2D eigenvalue weighted by molar-refractivity contribution is -0.118. The number of amides is 2. The summed E-state index contributed by atoms with van der Waals surface area (Å²) in [6.07, 6.45) is 0. The molecule has 0 unspecified atom stereocenters. The Morgan fingerprint density at radius 3 is 1.88 bits per heavy atom. The highest BCUT2D eigenvalue weighted by atomic mass is 16.2. The minimum Gasteiger partial charge on any atom is -0.325 e. The molecule has 0 saturated carbocycles. The molecule has 1 N–H and O–H groups in total. The quantitative estimate of drug-likeness (QED) is 0.413. The fraction of sp³-hybridized carbons (Fsp3) is 0.0357. The smallest absolute Gasteiger partial charge is 0.279 e. The lowest BCUT2D eigenvalue weighted by atomic mass is 10.1. The molecule has 0 aromatic heterocycles. The molecule has 1 heterocycles. The van der Waals surface area contributed by atoms with Crippen molar-refractivity contribution in [3.05, 3.63) is 121 Å². The van der Waals surface area contributed by atoms with Crippen LogP contribution in [0.25, 0.3) is 0 Å². The van der Waals surface area contributed by atoms with Gasteiger partial charge >= 0.3 is 0 Å². The van der Waals surface area contributed by atoms with E-state index in [1.807, 2.05) is 115 Å². The number of nitrogens with one attached hydrogen (secondary N) is 1. The first-order valence-electron chi connectivity index (χ1n) is 11.0. The molecule has 0 radical (unpaired) electrons. The third-order valence-corrected chi connectivity index (χ3v) is 5.46. The monoisotopic (exact) mass is 446 g/mol. The van der Waals surface area contributed by atoms with Gasteiger partial charge in [-0.05, 0) is 42.5 Å². The average Bonchev–Trinajstić information content (AvgIpc) is 3.14. The number of rotatable bonds is 6. The standard InChI is InChI=1S/C28H22N4O2/c33-26(29-21-12-4-1-5-13-21)20-31-25-19-11-10-18-24(25)27(28(31)34)30-32(22-14-6-2-7-15-22)23-16-8-3-9-17-23/h1-19H,20H2,(H,29,33)/b30-27+. The van der Waals surface area contributed by atoms with Gasteiger partial charge in [0, 0.05) is 11.3 Å². The molecule has 1 aliphatic rings. The summed E-state index contributed by atoms with van der Waals surface area (Å²) >= 11 is 0. The van der Waals surface area contributed by atoms with Gasteiger partial charge in [-0.1, -0.05) is 72.8 Å². The molecule has 4 aromatic rings. The number of carbonyl (C=O) groups is 2. The second-order valence-corrected chi connectivity index (χ2v) is 7.75. The summed E-state index contributed by atoms with van der Waals surface area (Å²) in [4.78, 5) is 27.8. The van der Waals surface area contributed by atoms with Gasteiger partial charge in [0.15, 0.2) is 5.71 Å². The molecule has 0 fully saturated rings. The van der Waals surface area contributed by atoms with Crippen molar-refractivity contribution in [3.63, 3.8) is 0 Å². The van der Waals surface area contributed by atoms with E-state index < -0.39 is 0 Å². The number of hydrogen-bond donors (Lipinski definition) is 1. The summed E-state index contributed by atoms with van der Waals surface area (Å²) in [5, 5.41) is 9.40. The van der Waals surface area contributed by atoms with Crippen LogP contribution in [0.5, 0.6) is 0 Å². The third kappa shape index (κ3) is 4.29. The summed E-state index contributed by atoms with van der Waals surface area (Å²) in [7, 11) is 0. The molecule has 166 valence electrons. The normalized spacial score (nSPS) is 13.6. The number of hydrazone groups is 1. The van der Waals surface area contributed by atoms with E-state index in [1.165, 1.54) is 4.90 Å². The Morgan fingerprint density at radius 1 is 0.735 bits per heavy atom. The second kappa shape index (κ2) is 9.42. The third-order valence-electron chi connectivity index (χ3n) is 5.46. The van der Waals surface area contributed by atoms with Gasteiger partial charge in [0.1, 0.15) is 6.54 Å². The summed E-state index contributed by atoms with van der Waals surface area (Å²) in [5.74, 6) is -0.597. The molecule has 6 heteroatoms. The van der Waals surface area contributed by atoms with Crippen molar-refractivity contribution < 1.29 is 9.59 Å². The van der Waals surface area contributed by atoms with Crippen LogP contribution in [0.3, 0.4) is 0 Å². The Hall–Kier alpha value is -4.71. The summed E-state index contributed by atoms with van der Waals surface area (Å²) in [5.41, 5.74) is 3.97. The summed E-state index contributed by atoms with van der Waals surface area (Å²) in [6, 6.07) is 35.9. The van der Waals surface area contributed by atoms with Gasteiger partial charge in [0.05, 0.1) is 17.1 Å². The zero-order chi connectivity index (χ0) is 23.3. The molecule has 0 aliphatic carbocycles. The van der Waals surface area contributed by atoms with Crippen molar-refractivity contribution in [1.82, 2.24) is 0 Å². The van der Waals surface area contributed by atoms with Crippen LogP contribution in [0.4, 0.5) is 22.7 Å². The number of fused-ring (bicyclic) bond motifs is 1. The highest BCUT2D eigenvalue weighted by Crippen LogP contribution is 2.32. The van der Waals surface area contributed by atoms with Crippen LogP contribution in [0.15, 0.2) is 120 Å². The van der Waals surface area contributed by atoms with Gasteiger partial charge in [-0.25, -0.2) is 5.01 Å². The molecule has 0 saturated heterocycles. The van der Waals surface area contributed by atoms with E-state index in [2.05, 4.69) is 5.32 Å². The zero-order valence-electron chi connectivity index (χ0n) is 18.3. The lowest BCUT2D eigenvalue weighted by Crippen LogP contribution is -2.37. The van der Waals surface area contributed by atoms with Gasteiger partial charge in [-0.2, -0.15) is 5.10 Å². The topological polar surface area (TPSA) is 65.0 Å². The maximum absolute atomic E-state index is 13.5. The minimum atomic E-state index is -0.318. The van der Waals surface area contributed by atoms with E-state index in [9.17, 15) is 9.59 Å². The molecule has 34 heavy (non-hydrogen) atoms. The van der Waals surface area contributed by atoms with E-state index in [0.717, 1.165) is 11.4 Å². The van der Waals surface area contributed by atoms with Crippen molar-refractivity contribution in [2.24, 2.45) is 5.10 Å². The number of para-hydroxylation sites is 4. The Kier molecular flexibility index (Phi) is 5.86. The Labute approximate surface area is 197 Å². The molecule has 0 atom stereocenters. The van der Waals surface area contributed by atoms with E-state index >= 15 is 0 Å². The van der Waals surface area contributed by atoms with E-state index in [1.54, 1.807) is 5.01 Å². The molecule has 0 spiro atoms. The zero-order valence-corrected chi connectivity index (χ0v) is 18.3. The number of hydrogen-bond acceptors (Lipinski definition) is 4. The molecule has 1 aliphatic heterocycles. The number of nitrogens with zero attached hydrogens (tertiary/aromatic N) is 3. The molecule has 4 aromatic carbocycles. The highest BCUT2D eigenvalue weighted by molar-refractivity contribution is 6.55. The lowest BCUT2D eigenvalue weighted by Gasteiger charge is -2.20. The van der Waals surface area contributed by atoms with Gasteiger partial charge < -0.3 is 5.32 Å². The second-order valence-electron chi connectivity index (χ2n) is 7.75. The molecule has 5 rings (SSSR count). The van der Waals surface area contributed by atoms with Crippen LogP contribution < -0.4 is 15.2 Å². The maximum Gasteiger partial charge on any atom is 0.279 e. The summed E-state index contributed by atoms with van der Waals surface area (Å²) in [6.45, 7) is -0.111. The number of carbonyl (C=O) groups excluding carboxylic acids is 2. The Bertz CT molecular complexity index is 1300. The van der Waals surface area contributed by atoms with Gasteiger partial charge in [0.2, 0.25) is 5.91 Å². The van der Waals surface area contributed by atoms with Crippen molar-refractivity contribution in [1.29, 1.82) is 0 Å². The first kappa shape index (κ1) is 21.2. The highest BCUT2D eigenvalue weighted by Gasteiger charge is 2.35. The van der Waals surface area contributed by atoms with E-state index in [-0.39, 0.29) is 24.1 Å². The van der Waals surface area contributed by atoms with Gasteiger partial charge in [-0.15, -0.1) is 0 Å². The largest absolute Gasteiger partial charge is 0.325 e. The predicted molar refractivity (Wildman–Crippen MR) is 135 cm³/mol. The Morgan fingerprint density at radius 2 is 1.26 bits per heavy atom. The molecular weight excluding hydrogens is 424 g/mol. The Balaban J connectivity index is 1.50. The van der Waals surface area contributed by atoms with Crippen LogP contribution in [-0.4, -0.2) is 24.1 Å². The van der Waals surface area contributed by atoms with E-state index in [4.69, 9.17) is 5.10 Å². The fourth-order valence-electron chi connectivity index (χ4n) is 3.88. The van der Waals surface area contributed by atoms with Crippen LogP contribution in [0, 0.1) is 0 Å². The first-order valence-corrected chi connectivity index (χ1v) is 11.0. The fourth-order valence-corrected chi connectivity index (χ4v) is 3.88. The average molecular weight is 447 g/mol. The first-order chi connectivity index (χ1) is 16.7. The van der Waals surface area contributed by atoms with Crippen LogP contribution in [-0.2, 0) is 9.59 Å². The SMILES string of the molecule is O=C(CN1C(=O)/C(=N/N(c2ccccc2)c2ccccc2)c2ccccc21)Nc1ccccc1. The van der Waals surface area contributed by atoms with Crippen LogP contribution in [0.2, 0.25) is 0 Å². The van der Waals surface area contributed by atoms with Crippen molar-refractivity contribution >= 4 is 40.3 Å². The van der Waals surface area contributed by atoms with Crippen LogP contribution >= 0.6 is 0 Å². The predicted octanol–water partition coefficient (Wildman–Crippen LogP) is 5.21. The van der Waals surface area contributed by atoms with E-state index in [0.29, 0.717) is 16.9 Å². The van der Waals surface area contributed by atoms with Crippen molar-refractivity contribution in [2.75, 3.05) is 21.8 Å². The maximum atomic E-state index is 13.5. The molecule has 2 amide bonds. The molecular formula is C28H22N4O2. The van der Waals surface area contributed by atoms with Crippen molar-refractivity contribution in [2.45, 2.75) is 0 Å². The van der Waals surface area contributed by atoms with Crippen molar-refractivity contribution in [3.8, 4) is 0 Å². The molecule has 0 bridgehead atoms. The molecule has 6 nitrogen and oxygen atoms in total. The number of anilines is 4. The van der Waals surface area contributed by atoms with Gasteiger partial charge in [-0.3, -0.25) is 14.5 Å². The minimum absolute atomic E-state index is 0.111. The van der Waals surface area contributed by atoms with Gasteiger partial charge in [0.25, 0.3) is 5.91 Å². The summed E-state index contributed by atoms with van der Waals surface area (Å²) < 4.78 is 0.